The summed E-state index contributed by atoms with van der Waals surface area (Å²) in [5, 5.41) is 5.17. The Bertz CT molecular complexity index is 884. The van der Waals surface area contributed by atoms with Crippen LogP contribution in [0.5, 0.6) is 0 Å². The van der Waals surface area contributed by atoms with Crippen molar-refractivity contribution in [3.63, 3.8) is 0 Å². The number of benzene rings is 2. The van der Waals surface area contributed by atoms with Crippen molar-refractivity contribution in [3.8, 4) is 0 Å². The van der Waals surface area contributed by atoms with Crippen LogP contribution in [-0.2, 0) is 26.2 Å². The molecule has 0 aliphatic carbocycles. The summed E-state index contributed by atoms with van der Waals surface area (Å²) < 4.78 is 2.28. The Labute approximate surface area is 193 Å². The SMILES string of the molecule is Brc1cc2c(Sc3cccc4[cH-]c(Br)cc34)cccc2[cH-]1.[Cl-].[Cl-].[Zr+4]. The Balaban J connectivity index is 0.000000960. The van der Waals surface area contributed by atoms with Crippen LogP contribution in [0.4, 0.5) is 0 Å². The zero-order valence-corrected chi connectivity index (χ0v) is 20.2. The first-order valence-electron chi connectivity index (χ1n) is 6.58. The summed E-state index contributed by atoms with van der Waals surface area (Å²) >= 11 is 8.98. The predicted molar refractivity (Wildman–Crippen MR) is 98.6 cm³/mol. The molecule has 6 heteroatoms. The van der Waals surface area contributed by atoms with Crippen LogP contribution in [-0.4, -0.2) is 0 Å². The summed E-state index contributed by atoms with van der Waals surface area (Å²) in [7, 11) is 0. The molecule has 0 radical (unpaired) electrons. The van der Waals surface area contributed by atoms with Crippen molar-refractivity contribution in [2.24, 2.45) is 0 Å². The number of halogens is 4. The standard InChI is InChI=1S/C18H10Br2S.2ClH.Zr/c19-13-7-11-3-1-5-17(15(11)9-13)21-18-6-2-4-12-8-14(20)10-16(12)18;;;/h1-10H;2*1H;/q-2;;;+4/p-2. The third-order valence-electron chi connectivity index (χ3n) is 3.57. The number of hydrogen-bond acceptors (Lipinski definition) is 1. The summed E-state index contributed by atoms with van der Waals surface area (Å²) in [6.45, 7) is 0. The molecule has 24 heavy (non-hydrogen) atoms. The maximum absolute atomic E-state index is 3.57. The van der Waals surface area contributed by atoms with E-state index in [2.05, 4.69) is 92.5 Å². The molecule has 0 N–H and O–H groups in total. The van der Waals surface area contributed by atoms with Crippen molar-refractivity contribution >= 4 is 65.2 Å². The van der Waals surface area contributed by atoms with E-state index in [-0.39, 0.29) is 51.0 Å². The minimum atomic E-state index is 0. The van der Waals surface area contributed by atoms with Gasteiger partial charge in [-0.2, -0.15) is 12.1 Å². The zero-order valence-electron chi connectivity index (χ0n) is 12.2. The van der Waals surface area contributed by atoms with Gasteiger partial charge in [-0.1, -0.05) is 52.9 Å². The van der Waals surface area contributed by atoms with E-state index < -0.39 is 0 Å². The Kier molecular flexibility index (Phi) is 8.80. The average Bonchev–Trinajstić information content (AvgIpc) is 3.01. The summed E-state index contributed by atoms with van der Waals surface area (Å²) in [6, 6.07) is 21.7. The van der Waals surface area contributed by atoms with Crippen molar-refractivity contribution in [1.29, 1.82) is 0 Å². The van der Waals surface area contributed by atoms with E-state index in [1.165, 1.54) is 31.3 Å². The first-order valence-corrected chi connectivity index (χ1v) is 8.99. The fraction of sp³-hybridized carbons (Fsp3) is 0. The van der Waals surface area contributed by atoms with Gasteiger partial charge in [-0.05, 0) is 9.79 Å². The molecule has 0 unspecified atom stereocenters. The zero-order chi connectivity index (χ0) is 14.4. The summed E-state index contributed by atoms with van der Waals surface area (Å²) in [5.74, 6) is 0. The van der Waals surface area contributed by atoms with Crippen LogP contribution < -0.4 is 24.8 Å². The van der Waals surface area contributed by atoms with Crippen molar-refractivity contribution in [3.05, 3.63) is 69.6 Å². The van der Waals surface area contributed by atoms with Crippen LogP contribution in [0.15, 0.2) is 79.4 Å². The minimum Gasteiger partial charge on any atom is -1.00 e. The molecule has 0 aliphatic rings. The normalized spacial score (nSPS) is 10.1. The molecule has 4 aromatic rings. The molecule has 0 saturated carbocycles. The van der Waals surface area contributed by atoms with Gasteiger partial charge in [0.2, 0.25) is 0 Å². The van der Waals surface area contributed by atoms with Crippen molar-refractivity contribution < 1.29 is 51.0 Å². The van der Waals surface area contributed by atoms with Crippen molar-refractivity contribution in [2.75, 3.05) is 0 Å². The molecule has 0 heterocycles. The molecule has 0 nitrogen and oxygen atoms in total. The van der Waals surface area contributed by atoms with Gasteiger partial charge in [0.25, 0.3) is 0 Å². The maximum atomic E-state index is 3.57. The largest absolute Gasteiger partial charge is 4.00 e. The summed E-state index contributed by atoms with van der Waals surface area (Å²) in [4.78, 5) is 2.59. The van der Waals surface area contributed by atoms with Crippen LogP contribution in [0.2, 0.25) is 0 Å². The smallest absolute Gasteiger partial charge is 1.00 e. The Morgan fingerprint density at radius 2 is 1.12 bits per heavy atom. The van der Waals surface area contributed by atoms with E-state index in [9.17, 15) is 0 Å². The Morgan fingerprint density at radius 3 is 1.54 bits per heavy atom. The summed E-state index contributed by atoms with van der Waals surface area (Å²) in [5.41, 5.74) is 0. The van der Waals surface area contributed by atoms with Crippen LogP contribution in [0, 0.1) is 0 Å². The third-order valence-corrected chi connectivity index (χ3v) is 5.64. The Hall–Kier alpha value is 0.433. The van der Waals surface area contributed by atoms with E-state index in [4.69, 9.17) is 0 Å². The van der Waals surface area contributed by atoms with Gasteiger partial charge in [0.05, 0.1) is 0 Å². The average molecular weight is 580 g/mol. The molecule has 0 aliphatic heterocycles. The molecule has 4 aromatic carbocycles. The molecule has 0 amide bonds. The van der Waals surface area contributed by atoms with Gasteiger partial charge in [0.15, 0.2) is 0 Å². The fourth-order valence-electron chi connectivity index (χ4n) is 2.64. The van der Waals surface area contributed by atoms with Gasteiger partial charge in [-0.15, -0.1) is 69.7 Å². The number of rotatable bonds is 2. The van der Waals surface area contributed by atoms with E-state index in [1.54, 1.807) is 0 Å². The molecular weight excluding hydrogens is 570 g/mol. The first-order chi connectivity index (χ1) is 10.2. The van der Waals surface area contributed by atoms with Gasteiger partial charge in [0.1, 0.15) is 0 Å². The second-order valence-corrected chi connectivity index (χ2v) is 7.88. The molecule has 0 aromatic heterocycles. The third kappa shape index (κ3) is 4.39. The topological polar surface area (TPSA) is 0 Å². The second kappa shape index (κ2) is 9.39. The molecule has 0 saturated heterocycles. The molecule has 0 bridgehead atoms. The van der Waals surface area contributed by atoms with Gasteiger partial charge in [-0.3, -0.25) is 0 Å². The molecule has 120 valence electrons. The van der Waals surface area contributed by atoms with Crippen LogP contribution in [0.25, 0.3) is 21.5 Å². The van der Waals surface area contributed by atoms with Gasteiger partial charge in [0, 0.05) is 0 Å². The molecule has 4 rings (SSSR count). The molecule has 0 fully saturated rings. The maximum Gasteiger partial charge on any atom is 4.00 e. The summed E-state index contributed by atoms with van der Waals surface area (Å²) in [6.07, 6.45) is 0. The van der Waals surface area contributed by atoms with Crippen LogP contribution in [0.3, 0.4) is 0 Å². The van der Waals surface area contributed by atoms with Crippen LogP contribution in [0.1, 0.15) is 0 Å². The fourth-order valence-corrected chi connectivity index (χ4v) is 4.69. The van der Waals surface area contributed by atoms with Crippen molar-refractivity contribution in [1.82, 2.24) is 0 Å². The molecule has 0 atom stereocenters. The van der Waals surface area contributed by atoms with E-state index in [0.717, 1.165) is 8.95 Å². The second-order valence-electron chi connectivity index (χ2n) is 4.97. The van der Waals surface area contributed by atoms with Gasteiger partial charge < -0.3 is 24.8 Å². The van der Waals surface area contributed by atoms with Crippen LogP contribution >= 0.6 is 43.6 Å². The quantitative estimate of drug-likeness (QED) is 0.321. The van der Waals surface area contributed by atoms with E-state index in [1.807, 2.05) is 11.8 Å². The van der Waals surface area contributed by atoms with Crippen molar-refractivity contribution in [2.45, 2.75) is 9.79 Å². The predicted octanol–water partition coefficient (Wildman–Crippen LogP) is 1.11. The Morgan fingerprint density at radius 1 is 0.708 bits per heavy atom. The number of hydrogen-bond donors (Lipinski definition) is 0. The first kappa shape index (κ1) is 22.5. The van der Waals surface area contributed by atoms with E-state index >= 15 is 0 Å². The monoisotopic (exact) mass is 576 g/mol. The number of fused-ring (bicyclic) bond motifs is 2. The molecule has 0 spiro atoms. The molecular formula is C18H10Br2Cl2SZr. The van der Waals surface area contributed by atoms with Gasteiger partial charge in [-0.25, -0.2) is 0 Å². The minimum absolute atomic E-state index is 0. The van der Waals surface area contributed by atoms with Gasteiger partial charge >= 0.3 is 26.2 Å². The van der Waals surface area contributed by atoms with E-state index in [0.29, 0.717) is 0 Å².